The first-order chi connectivity index (χ1) is 5.93. The topological polar surface area (TPSA) is 41.3 Å². The van der Waals surface area contributed by atoms with Gasteiger partial charge in [0.2, 0.25) is 0 Å². The summed E-state index contributed by atoms with van der Waals surface area (Å²) < 4.78 is 0. The van der Waals surface area contributed by atoms with Gasteiger partial charge in [-0.25, -0.2) is 0 Å². The minimum absolute atomic E-state index is 0.818. The molecule has 1 aliphatic heterocycles. The quantitative estimate of drug-likeness (QED) is 0.423. The van der Waals surface area contributed by atoms with E-state index in [1.54, 1.807) is 0 Å². The lowest BCUT2D eigenvalue weighted by atomic mass is 10.4. The van der Waals surface area contributed by atoms with E-state index in [1.807, 2.05) is 13.8 Å². The number of nitrogens with two attached hydrogens (primary N) is 1. The third-order valence-corrected chi connectivity index (χ3v) is 1.61. The Balaban J connectivity index is 0.000000561. The Kier molecular flexibility index (Phi) is 7.87. The van der Waals surface area contributed by atoms with E-state index in [4.69, 9.17) is 5.73 Å². The van der Waals surface area contributed by atoms with Crippen LogP contribution in [0.4, 0.5) is 0 Å². The van der Waals surface area contributed by atoms with E-state index in [-0.39, 0.29) is 0 Å². The van der Waals surface area contributed by atoms with Gasteiger partial charge in [0.15, 0.2) is 0 Å². The number of hydrogen-bond donors (Lipinski definition) is 2. The second-order valence-electron chi connectivity index (χ2n) is 2.35. The zero-order valence-electron chi connectivity index (χ0n) is 8.06. The fourth-order valence-electron chi connectivity index (χ4n) is 1.03. The van der Waals surface area contributed by atoms with Crippen molar-refractivity contribution in [2.24, 2.45) is 5.73 Å². The summed E-state index contributed by atoms with van der Waals surface area (Å²) in [4.78, 5) is 2.29. The predicted octanol–water partition coefficient (Wildman–Crippen LogP) is -0.163. The zero-order valence-corrected chi connectivity index (χ0v) is 8.06. The third-order valence-electron chi connectivity index (χ3n) is 1.61. The molecule has 0 aromatic heterocycles. The lowest BCUT2D eigenvalue weighted by molar-refractivity contribution is 0.268. The second kappa shape index (κ2) is 8.38. The van der Waals surface area contributed by atoms with E-state index < -0.39 is 0 Å². The van der Waals surface area contributed by atoms with E-state index in [2.05, 4.69) is 22.2 Å². The molecule has 70 valence electrons. The average molecular weight is 169 g/mol. The lowest BCUT2D eigenvalue weighted by Gasteiger charge is -2.24. The first-order valence-corrected chi connectivity index (χ1v) is 4.55. The van der Waals surface area contributed by atoms with Gasteiger partial charge >= 0.3 is 0 Å². The molecule has 0 unspecified atom stereocenters. The Labute approximate surface area is 75.3 Å². The Morgan fingerprint density at radius 2 is 1.92 bits per heavy atom. The summed E-state index contributed by atoms with van der Waals surface area (Å²) in [6.45, 7) is 9.15. The predicted molar refractivity (Wildman–Crippen MR) is 52.6 cm³/mol. The van der Waals surface area contributed by atoms with Crippen LogP contribution in [0.1, 0.15) is 13.8 Å². The van der Waals surface area contributed by atoms with Gasteiger partial charge in [-0.3, -0.25) is 4.90 Å². The molecule has 0 spiro atoms. The summed E-state index contributed by atoms with van der Waals surface area (Å²) in [6, 6.07) is 2.40. The number of hydrogen-bond acceptors (Lipinski definition) is 3. The van der Waals surface area contributed by atoms with Crippen molar-refractivity contribution in [2.75, 3.05) is 32.7 Å². The standard InChI is InChI=1S/C7H13N3.C2H6/c8-2-1-5-10-6-3-9-4-7-10;1-2/h9H,3-8H2;1-2H3. The van der Waals surface area contributed by atoms with E-state index in [1.165, 1.54) is 0 Å². The minimum Gasteiger partial charge on any atom is -0.359 e. The summed E-state index contributed by atoms with van der Waals surface area (Å²) in [5, 5.41) is 3.27. The molecule has 1 saturated heterocycles. The highest BCUT2D eigenvalue weighted by Crippen LogP contribution is 1.88. The molecule has 0 radical (unpaired) electrons. The van der Waals surface area contributed by atoms with Crippen LogP contribution in [0.2, 0.25) is 0 Å². The van der Waals surface area contributed by atoms with Crippen molar-refractivity contribution in [3.05, 3.63) is 0 Å². The Bertz CT molecular complexity index is 140. The normalized spacial score (nSPS) is 16.8. The van der Waals surface area contributed by atoms with Crippen molar-refractivity contribution in [3.63, 3.8) is 0 Å². The summed E-state index contributed by atoms with van der Waals surface area (Å²) in [5.74, 6) is 2.84. The van der Waals surface area contributed by atoms with Crippen molar-refractivity contribution >= 4 is 0 Å². The maximum absolute atomic E-state index is 5.04. The lowest BCUT2D eigenvalue weighted by Crippen LogP contribution is -2.43. The van der Waals surface area contributed by atoms with Crippen LogP contribution in [0.3, 0.4) is 0 Å². The van der Waals surface area contributed by atoms with Gasteiger partial charge in [0.05, 0.1) is 6.54 Å². The Hall–Kier alpha value is -0.720. The van der Waals surface area contributed by atoms with E-state index in [0.717, 1.165) is 32.7 Å². The highest BCUT2D eigenvalue weighted by molar-refractivity contribution is 4.97. The molecule has 1 aliphatic rings. The zero-order chi connectivity index (χ0) is 9.23. The molecule has 0 bridgehead atoms. The summed E-state index contributed by atoms with van der Waals surface area (Å²) in [5.41, 5.74) is 5.04. The first-order valence-electron chi connectivity index (χ1n) is 4.55. The van der Waals surface area contributed by atoms with Crippen LogP contribution in [-0.4, -0.2) is 37.6 Å². The van der Waals surface area contributed by atoms with Gasteiger partial charge < -0.3 is 11.1 Å². The van der Waals surface area contributed by atoms with Gasteiger partial charge in [-0.05, 0) is 0 Å². The summed E-state index contributed by atoms with van der Waals surface area (Å²) >= 11 is 0. The van der Waals surface area contributed by atoms with E-state index in [0.29, 0.717) is 0 Å². The van der Waals surface area contributed by atoms with E-state index in [9.17, 15) is 0 Å². The number of piperazine rings is 1. The fourth-order valence-corrected chi connectivity index (χ4v) is 1.03. The van der Waals surface area contributed by atoms with Crippen LogP contribution < -0.4 is 11.1 Å². The number of nitrogens with one attached hydrogen (secondary N) is 1. The summed E-state index contributed by atoms with van der Waals surface area (Å²) in [6.07, 6.45) is 0. The van der Waals surface area contributed by atoms with Crippen LogP contribution >= 0.6 is 0 Å². The number of rotatable bonds is 1. The van der Waals surface area contributed by atoms with Crippen molar-refractivity contribution in [3.8, 4) is 12.0 Å². The minimum atomic E-state index is 0.818. The molecule has 3 N–H and O–H groups in total. The molecule has 0 saturated carbocycles. The second-order valence-corrected chi connectivity index (χ2v) is 2.35. The van der Waals surface area contributed by atoms with Gasteiger partial charge in [-0.2, -0.15) is 0 Å². The van der Waals surface area contributed by atoms with Gasteiger partial charge in [0.25, 0.3) is 0 Å². The van der Waals surface area contributed by atoms with Crippen molar-refractivity contribution < 1.29 is 0 Å². The molecule has 3 nitrogen and oxygen atoms in total. The van der Waals surface area contributed by atoms with Crippen molar-refractivity contribution in [1.29, 1.82) is 0 Å². The van der Waals surface area contributed by atoms with Gasteiger partial charge in [0, 0.05) is 32.2 Å². The molecule has 12 heavy (non-hydrogen) atoms. The molecule has 0 amide bonds. The molecular formula is C9H19N3. The maximum atomic E-state index is 5.04. The first kappa shape index (κ1) is 11.3. The third kappa shape index (κ3) is 5.00. The van der Waals surface area contributed by atoms with Crippen molar-refractivity contribution in [2.45, 2.75) is 13.8 Å². The van der Waals surface area contributed by atoms with E-state index >= 15 is 0 Å². The highest BCUT2D eigenvalue weighted by Gasteiger charge is 2.06. The van der Waals surface area contributed by atoms with Crippen LogP contribution in [0.15, 0.2) is 0 Å². The van der Waals surface area contributed by atoms with Crippen LogP contribution in [0, 0.1) is 12.0 Å². The Morgan fingerprint density at radius 1 is 1.33 bits per heavy atom. The highest BCUT2D eigenvalue weighted by atomic mass is 15.2. The molecule has 1 heterocycles. The van der Waals surface area contributed by atoms with Gasteiger partial charge in [-0.15, -0.1) is 0 Å². The van der Waals surface area contributed by atoms with Crippen LogP contribution in [-0.2, 0) is 0 Å². The molecule has 0 aromatic carbocycles. The molecule has 1 fully saturated rings. The average Bonchev–Trinajstić information content (AvgIpc) is 2.19. The Morgan fingerprint density at radius 3 is 2.42 bits per heavy atom. The van der Waals surface area contributed by atoms with Crippen LogP contribution in [0.5, 0.6) is 0 Å². The molecule has 0 aromatic rings. The smallest absolute Gasteiger partial charge is 0.0620 e. The van der Waals surface area contributed by atoms with Gasteiger partial charge in [-0.1, -0.05) is 19.8 Å². The fraction of sp³-hybridized carbons (Fsp3) is 0.778. The molecule has 3 heteroatoms. The van der Waals surface area contributed by atoms with Gasteiger partial charge in [0.1, 0.15) is 0 Å². The molecule has 0 aliphatic carbocycles. The van der Waals surface area contributed by atoms with Crippen LogP contribution in [0.25, 0.3) is 0 Å². The van der Waals surface area contributed by atoms with Crippen molar-refractivity contribution in [1.82, 2.24) is 10.2 Å². The largest absolute Gasteiger partial charge is 0.359 e. The summed E-state index contributed by atoms with van der Waals surface area (Å²) in [7, 11) is 0. The monoisotopic (exact) mass is 169 g/mol. The maximum Gasteiger partial charge on any atom is 0.0620 e. The molecular weight excluding hydrogens is 150 g/mol. The molecule has 0 atom stereocenters. The number of nitrogens with zero attached hydrogens (tertiary/aromatic N) is 1. The molecule has 1 rings (SSSR count). The SMILES string of the molecule is CC.NC#CCN1CCNCC1.